The second kappa shape index (κ2) is 9.14. The zero-order valence-corrected chi connectivity index (χ0v) is 18.2. The Labute approximate surface area is 180 Å². The third kappa shape index (κ3) is 4.49. The van der Waals surface area contributed by atoms with Crippen molar-refractivity contribution >= 4 is 34.0 Å². The molecule has 0 radical (unpaired) electrons. The number of methoxy groups -OCH3 is 1. The first-order chi connectivity index (χ1) is 14.6. The molecule has 1 saturated carbocycles. The summed E-state index contributed by atoms with van der Waals surface area (Å²) in [5, 5.41) is 2.35. The molecule has 0 unspecified atom stereocenters. The quantitative estimate of drug-likeness (QED) is 0.595. The molecule has 1 aromatic heterocycles. The summed E-state index contributed by atoms with van der Waals surface area (Å²) < 4.78 is 11.0. The second-order valence-corrected chi connectivity index (χ2v) is 8.62. The molecule has 2 aromatic rings. The van der Waals surface area contributed by atoms with Crippen molar-refractivity contribution in [2.24, 2.45) is 5.92 Å². The van der Waals surface area contributed by atoms with E-state index in [4.69, 9.17) is 9.47 Å². The normalized spacial score (nSPS) is 17.5. The Balaban J connectivity index is 1.45. The van der Waals surface area contributed by atoms with E-state index >= 15 is 0 Å². The van der Waals surface area contributed by atoms with Crippen LogP contribution in [0.1, 0.15) is 38.3 Å². The molecule has 1 atom stereocenters. The van der Waals surface area contributed by atoms with Crippen molar-refractivity contribution in [2.45, 2.75) is 45.3 Å². The van der Waals surface area contributed by atoms with Crippen LogP contribution >= 0.6 is 11.3 Å². The van der Waals surface area contributed by atoms with Crippen LogP contribution in [0.2, 0.25) is 0 Å². The minimum Gasteiger partial charge on any atom is -0.495 e. The predicted molar refractivity (Wildman–Crippen MR) is 115 cm³/mol. The smallest absolute Gasteiger partial charge is 0.324 e. The number of esters is 1. The number of rotatable bonds is 8. The molecule has 8 heteroatoms. The fourth-order valence-corrected chi connectivity index (χ4v) is 4.85. The first kappa shape index (κ1) is 20.8. The summed E-state index contributed by atoms with van der Waals surface area (Å²) in [6, 6.07) is 7.20. The maximum absolute atomic E-state index is 12.8. The molecule has 160 valence electrons. The highest BCUT2D eigenvalue weighted by molar-refractivity contribution is 7.14. The molecule has 2 aliphatic rings. The lowest BCUT2D eigenvalue weighted by molar-refractivity contribution is -0.152. The molecule has 2 fully saturated rings. The number of para-hydroxylation sites is 2. The number of aromatic nitrogens is 1. The summed E-state index contributed by atoms with van der Waals surface area (Å²) in [7, 11) is 1.57. The zero-order chi connectivity index (χ0) is 21.1. The minimum absolute atomic E-state index is 0.115. The SMILES string of the molecule is COc1ccccc1N(C(C)=O)c1nc(COC(=O)[C@@H](C2CC2)N2CCCC2)cs1. The highest BCUT2D eigenvalue weighted by Gasteiger charge is 2.42. The number of amides is 1. The third-order valence-electron chi connectivity index (χ3n) is 5.58. The largest absolute Gasteiger partial charge is 0.495 e. The molecular weight excluding hydrogens is 402 g/mol. The van der Waals surface area contributed by atoms with Crippen LogP contribution in [-0.2, 0) is 20.9 Å². The van der Waals surface area contributed by atoms with Gasteiger partial charge in [-0.2, -0.15) is 0 Å². The lowest BCUT2D eigenvalue weighted by Crippen LogP contribution is -2.42. The van der Waals surface area contributed by atoms with Crippen molar-refractivity contribution in [1.82, 2.24) is 9.88 Å². The van der Waals surface area contributed by atoms with Gasteiger partial charge >= 0.3 is 5.97 Å². The topological polar surface area (TPSA) is 72.0 Å². The van der Waals surface area contributed by atoms with Crippen LogP contribution in [0.25, 0.3) is 0 Å². The van der Waals surface area contributed by atoms with E-state index in [1.54, 1.807) is 13.2 Å². The van der Waals surface area contributed by atoms with Crippen LogP contribution in [0.5, 0.6) is 5.75 Å². The van der Waals surface area contributed by atoms with E-state index in [1.165, 1.54) is 23.2 Å². The maximum atomic E-state index is 12.8. The standard InChI is InChI=1S/C22H27N3O4S/c1-15(26)25(18-7-3-4-8-19(18)28-2)22-23-17(14-30-22)13-29-21(27)20(16-9-10-16)24-11-5-6-12-24/h3-4,7-8,14,16,20H,5-6,9-13H2,1-2H3/t20-/m1/s1. The van der Waals surface area contributed by atoms with Gasteiger partial charge in [-0.05, 0) is 56.8 Å². The molecule has 1 aliphatic heterocycles. The molecule has 1 saturated heterocycles. The highest BCUT2D eigenvalue weighted by atomic mass is 32.1. The molecule has 2 heterocycles. The van der Waals surface area contributed by atoms with Crippen molar-refractivity contribution in [3.8, 4) is 5.75 Å². The van der Waals surface area contributed by atoms with Gasteiger partial charge in [0.2, 0.25) is 5.91 Å². The number of nitrogens with zero attached hydrogens (tertiary/aromatic N) is 3. The molecule has 1 aliphatic carbocycles. The van der Waals surface area contributed by atoms with Crippen molar-refractivity contribution < 1.29 is 19.1 Å². The van der Waals surface area contributed by atoms with E-state index < -0.39 is 0 Å². The van der Waals surface area contributed by atoms with Gasteiger partial charge in [0.25, 0.3) is 0 Å². The average Bonchev–Trinajstić information content (AvgIpc) is 3.22. The van der Waals surface area contributed by atoms with Gasteiger partial charge in [0.1, 0.15) is 18.4 Å². The first-order valence-corrected chi connectivity index (χ1v) is 11.2. The number of carbonyl (C=O) groups excluding carboxylic acids is 2. The molecule has 7 nitrogen and oxygen atoms in total. The Morgan fingerprint density at radius 2 is 2.00 bits per heavy atom. The molecule has 0 spiro atoms. The van der Waals surface area contributed by atoms with Gasteiger partial charge < -0.3 is 9.47 Å². The highest BCUT2D eigenvalue weighted by Crippen LogP contribution is 2.38. The Kier molecular flexibility index (Phi) is 6.34. The van der Waals surface area contributed by atoms with Gasteiger partial charge in [-0.15, -0.1) is 11.3 Å². The number of ether oxygens (including phenoxy) is 2. The fourth-order valence-electron chi connectivity index (χ4n) is 3.99. The lowest BCUT2D eigenvalue weighted by Gasteiger charge is -2.25. The second-order valence-electron chi connectivity index (χ2n) is 7.78. The first-order valence-electron chi connectivity index (χ1n) is 10.4. The number of likely N-dealkylation sites (tertiary alicyclic amines) is 1. The predicted octanol–water partition coefficient (Wildman–Crippen LogP) is 3.75. The molecule has 0 N–H and O–H groups in total. The van der Waals surface area contributed by atoms with E-state index in [-0.39, 0.29) is 24.5 Å². The Hall–Kier alpha value is -2.45. The summed E-state index contributed by atoms with van der Waals surface area (Å²) >= 11 is 1.34. The summed E-state index contributed by atoms with van der Waals surface area (Å²) in [5.74, 6) is 0.705. The number of anilines is 2. The van der Waals surface area contributed by atoms with Crippen molar-refractivity contribution in [2.75, 3.05) is 25.1 Å². The van der Waals surface area contributed by atoms with Crippen LogP contribution in [0.4, 0.5) is 10.8 Å². The number of carbonyl (C=O) groups is 2. The molecule has 30 heavy (non-hydrogen) atoms. The number of benzene rings is 1. The molecule has 0 bridgehead atoms. The lowest BCUT2D eigenvalue weighted by atomic mass is 10.1. The average molecular weight is 430 g/mol. The number of hydrogen-bond acceptors (Lipinski definition) is 7. The summed E-state index contributed by atoms with van der Waals surface area (Å²) in [4.78, 5) is 33.5. The van der Waals surface area contributed by atoms with Gasteiger partial charge in [0, 0.05) is 12.3 Å². The van der Waals surface area contributed by atoms with Gasteiger partial charge in [0.05, 0.1) is 18.5 Å². The van der Waals surface area contributed by atoms with Crippen LogP contribution < -0.4 is 9.64 Å². The Morgan fingerprint density at radius 1 is 1.27 bits per heavy atom. The van der Waals surface area contributed by atoms with Crippen molar-refractivity contribution in [1.29, 1.82) is 0 Å². The van der Waals surface area contributed by atoms with Crippen LogP contribution in [-0.4, -0.2) is 48.0 Å². The van der Waals surface area contributed by atoms with Crippen LogP contribution in [0, 0.1) is 5.92 Å². The van der Waals surface area contributed by atoms with Gasteiger partial charge in [-0.1, -0.05) is 12.1 Å². The Bertz CT molecular complexity index is 905. The number of hydrogen-bond donors (Lipinski definition) is 0. The number of thiazole rings is 1. The third-order valence-corrected chi connectivity index (χ3v) is 6.45. The van der Waals surface area contributed by atoms with Crippen molar-refractivity contribution in [3.63, 3.8) is 0 Å². The summed E-state index contributed by atoms with van der Waals surface area (Å²) in [6.45, 7) is 3.56. The van der Waals surface area contributed by atoms with Crippen LogP contribution in [0.15, 0.2) is 29.6 Å². The summed E-state index contributed by atoms with van der Waals surface area (Å²) in [6.07, 6.45) is 4.50. The molecular formula is C22H27N3O4S. The molecule has 1 amide bonds. The van der Waals surface area contributed by atoms with E-state index in [0.29, 0.717) is 28.2 Å². The van der Waals surface area contributed by atoms with E-state index in [9.17, 15) is 9.59 Å². The van der Waals surface area contributed by atoms with E-state index in [1.807, 2.05) is 23.6 Å². The van der Waals surface area contributed by atoms with Gasteiger partial charge in [0.15, 0.2) is 5.13 Å². The van der Waals surface area contributed by atoms with E-state index in [0.717, 1.165) is 38.8 Å². The van der Waals surface area contributed by atoms with Crippen LogP contribution in [0.3, 0.4) is 0 Å². The fraction of sp³-hybridized carbons (Fsp3) is 0.500. The van der Waals surface area contributed by atoms with Gasteiger partial charge in [-0.3, -0.25) is 19.4 Å². The Morgan fingerprint density at radius 3 is 2.67 bits per heavy atom. The van der Waals surface area contributed by atoms with Crippen molar-refractivity contribution in [3.05, 3.63) is 35.3 Å². The molecule has 4 rings (SSSR count). The maximum Gasteiger partial charge on any atom is 0.324 e. The monoisotopic (exact) mass is 429 g/mol. The minimum atomic E-state index is -0.166. The summed E-state index contributed by atoms with van der Waals surface area (Å²) in [5.41, 5.74) is 1.27. The molecule has 1 aromatic carbocycles. The van der Waals surface area contributed by atoms with E-state index in [2.05, 4.69) is 9.88 Å². The zero-order valence-electron chi connectivity index (χ0n) is 17.4. The van der Waals surface area contributed by atoms with Gasteiger partial charge in [-0.25, -0.2) is 4.98 Å².